The van der Waals surface area contributed by atoms with E-state index >= 15 is 0 Å². The average Bonchev–Trinajstić information content (AvgIpc) is 2.37. The van der Waals surface area contributed by atoms with E-state index in [1.54, 1.807) is 0 Å². The Morgan fingerprint density at radius 3 is 2.63 bits per heavy atom. The number of para-hydroxylation sites is 1. The summed E-state index contributed by atoms with van der Waals surface area (Å²) >= 11 is 0. The molecule has 4 heteroatoms. The topological polar surface area (TPSA) is 50.7 Å². The van der Waals surface area contributed by atoms with Crippen molar-refractivity contribution in [1.82, 2.24) is 0 Å². The molecule has 0 saturated carbocycles. The summed E-state index contributed by atoms with van der Waals surface area (Å²) in [6.07, 6.45) is -0.296. The highest BCUT2D eigenvalue weighted by Gasteiger charge is 2.05. The van der Waals surface area contributed by atoms with Crippen LogP contribution in [0.5, 0.6) is 0 Å². The zero-order valence-electron chi connectivity index (χ0n) is 12.1. The lowest BCUT2D eigenvalue weighted by molar-refractivity contribution is -0.00734. The van der Waals surface area contributed by atoms with Crippen molar-refractivity contribution in [2.24, 2.45) is 0 Å². The summed E-state index contributed by atoms with van der Waals surface area (Å²) < 4.78 is 10.7. The fourth-order valence-corrected chi connectivity index (χ4v) is 1.62. The molecular formula is C15H25NO3. The monoisotopic (exact) mass is 267 g/mol. The quantitative estimate of drug-likeness (QED) is 0.674. The molecule has 4 nitrogen and oxygen atoms in total. The van der Waals surface area contributed by atoms with E-state index in [0.29, 0.717) is 26.4 Å². The Morgan fingerprint density at radius 1 is 1.21 bits per heavy atom. The number of hydrogen-bond donors (Lipinski definition) is 2. The second kappa shape index (κ2) is 8.91. The molecule has 1 unspecified atom stereocenters. The molecule has 1 rings (SSSR count). The molecule has 0 spiro atoms. The molecule has 1 atom stereocenters. The predicted molar refractivity (Wildman–Crippen MR) is 77.6 cm³/mol. The molecular weight excluding hydrogens is 242 g/mol. The van der Waals surface area contributed by atoms with Crippen molar-refractivity contribution in [3.63, 3.8) is 0 Å². The van der Waals surface area contributed by atoms with Gasteiger partial charge in [-0.1, -0.05) is 18.2 Å². The fraction of sp³-hybridized carbons (Fsp3) is 0.600. The molecule has 0 aliphatic carbocycles. The Morgan fingerprint density at radius 2 is 1.95 bits per heavy atom. The van der Waals surface area contributed by atoms with Gasteiger partial charge >= 0.3 is 0 Å². The van der Waals surface area contributed by atoms with E-state index in [0.717, 1.165) is 5.69 Å². The molecule has 108 valence electrons. The first-order valence-corrected chi connectivity index (χ1v) is 6.76. The molecule has 0 amide bonds. The van der Waals surface area contributed by atoms with Gasteiger partial charge < -0.3 is 19.9 Å². The maximum atomic E-state index is 9.78. The van der Waals surface area contributed by atoms with Crippen LogP contribution in [0.25, 0.3) is 0 Å². The Hall–Kier alpha value is -1.10. The normalized spacial score (nSPS) is 12.7. The molecule has 1 aromatic carbocycles. The smallest absolute Gasteiger partial charge is 0.0945 e. The summed E-state index contributed by atoms with van der Waals surface area (Å²) in [6, 6.07) is 8.00. The summed E-state index contributed by atoms with van der Waals surface area (Å²) in [5.41, 5.74) is 2.21. The SMILES string of the molecule is Cc1ccccc1NCC(O)COCCOC(C)C. The minimum absolute atomic E-state index is 0.219. The second-order valence-electron chi connectivity index (χ2n) is 4.84. The van der Waals surface area contributed by atoms with E-state index < -0.39 is 6.10 Å². The maximum absolute atomic E-state index is 9.78. The van der Waals surface area contributed by atoms with Crippen molar-refractivity contribution in [3.8, 4) is 0 Å². The third-order valence-electron chi connectivity index (χ3n) is 2.66. The summed E-state index contributed by atoms with van der Waals surface area (Å²) in [6.45, 7) is 7.89. The highest BCUT2D eigenvalue weighted by Crippen LogP contribution is 2.12. The zero-order valence-corrected chi connectivity index (χ0v) is 12.1. The van der Waals surface area contributed by atoms with Crippen molar-refractivity contribution in [3.05, 3.63) is 29.8 Å². The van der Waals surface area contributed by atoms with Gasteiger partial charge in [-0.15, -0.1) is 0 Å². The van der Waals surface area contributed by atoms with Crippen molar-refractivity contribution in [2.75, 3.05) is 31.7 Å². The van der Waals surface area contributed by atoms with Crippen LogP contribution in [0.1, 0.15) is 19.4 Å². The van der Waals surface area contributed by atoms with Gasteiger partial charge in [0.15, 0.2) is 0 Å². The van der Waals surface area contributed by atoms with Crippen LogP contribution >= 0.6 is 0 Å². The molecule has 0 fully saturated rings. The van der Waals surface area contributed by atoms with Crippen LogP contribution in [-0.2, 0) is 9.47 Å². The predicted octanol–water partition coefficient (Wildman–Crippen LogP) is 2.21. The summed E-state index contributed by atoms with van der Waals surface area (Å²) in [5, 5.41) is 13.0. The first-order valence-electron chi connectivity index (χ1n) is 6.76. The average molecular weight is 267 g/mol. The van der Waals surface area contributed by atoms with Gasteiger partial charge in [0, 0.05) is 12.2 Å². The lowest BCUT2D eigenvalue weighted by Gasteiger charge is -2.15. The highest BCUT2D eigenvalue weighted by molar-refractivity contribution is 5.50. The molecule has 0 aliphatic rings. The largest absolute Gasteiger partial charge is 0.389 e. The Bertz CT molecular complexity index is 355. The third-order valence-corrected chi connectivity index (χ3v) is 2.66. The lowest BCUT2D eigenvalue weighted by Crippen LogP contribution is -2.26. The van der Waals surface area contributed by atoms with E-state index in [1.165, 1.54) is 5.56 Å². The number of aryl methyl sites for hydroxylation is 1. The van der Waals surface area contributed by atoms with E-state index in [-0.39, 0.29) is 6.10 Å². The molecule has 0 radical (unpaired) electrons. The molecule has 0 bridgehead atoms. The first-order chi connectivity index (χ1) is 9.09. The van der Waals surface area contributed by atoms with E-state index in [2.05, 4.69) is 5.32 Å². The molecule has 2 N–H and O–H groups in total. The van der Waals surface area contributed by atoms with Gasteiger partial charge in [-0.05, 0) is 32.4 Å². The van der Waals surface area contributed by atoms with Crippen molar-refractivity contribution < 1.29 is 14.6 Å². The number of nitrogens with one attached hydrogen (secondary N) is 1. The van der Waals surface area contributed by atoms with Crippen LogP contribution in [0.2, 0.25) is 0 Å². The van der Waals surface area contributed by atoms with Gasteiger partial charge in [-0.3, -0.25) is 0 Å². The van der Waals surface area contributed by atoms with Gasteiger partial charge in [-0.2, -0.15) is 0 Å². The Kier molecular flexibility index (Phi) is 7.48. The van der Waals surface area contributed by atoms with Crippen molar-refractivity contribution in [2.45, 2.75) is 33.0 Å². The molecule has 0 aromatic heterocycles. The van der Waals surface area contributed by atoms with E-state index in [9.17, 15) is 5.11 Å². The molecule has 0 heterocycles. The van der Waals surface area contributed by atoms with Gasteiger partial charge in [0.2, 0.25) is 0 Å². The van der Waals surface area contributed by atoms with Gasteiger partial charge in [0.05, 0.1) is 32.0 Å². The third kappa shape index (κ3) is 7.15. The number of aliphatic hydroxyl groups is 1. The van der Waals surface area contributed by atoms with Gasteiger partial charge in [-0.25, -0.2) is 0 Å². The summed E-state index contributed by atoms with van der Waals surface area (Å²) in [4.78, 5) is 0. The lowest BCUT2D eigenvalue weighted by atomic mass is 10.2. The molecule has 0 aliphatic heterocycles. The van der Waals surface area contributed by atoms with Crippen LogP contribution in [0.3, 0.4) is 0 Å². The fourth-order valence-electron chi connectivity index (χ4n) is 1.62. The Balaban J connectivity index is 2.11. The summed E-state index contributed by atoms with van der Waals surface area (Å²) in [5.74, 6) is 0. The summed E-state index contributed by atoms with van der Waals surface area (Å²) in [7, 11) is 0. The maximum Gasteiger partial charge on any atom is 0.0945 e. The van der Waals surface area contributed by atoms with Crippen molar-refractivity contribution in [1.29, 1.82) is 0 Å². The first kappa shape index (κ1) is 16.0. The molecule has 0 saturated heterocycles. The minimum atomic E-state index is -0.515. The van der Waals surface area contributed by atoms with Gasteiger partial charge in [0.25, 0.3) is 0 Å². The number of benzene rings is 1. The molecule has 1 aromatic rings. The minimum Gasteiger partial charge on any atom is -0.389 e. The van der Waals surface area contributed by atoms with E-state index in [4.69, 9.17) is 9.47 Å². The Labute approximate surface area is 115 Å². The van der Waals surface area contributed by atoms with Crippen LogP contribution in [0.4, 0.5) is 5.69 Å². The van der Waals surface area contributed by atoms with Crippen LogP contribution in [-0.4, -0.2) is 43.7 Å². The van der Waals surface area contributed by atoms with Crippen LogP contribution in [0.15, 0.2) is 24.3 Å². The zero-order chi connectivity index (χ0) is 14.1. The highest BCUT2D eigenvalue weighted by atomic mass is 16.5. The second-order valence-corrected chi connectivity index (χ2v) is 4.84. The number of ether oxygens (including phenoxy) is 2. The van der Waals surface area contributed by atoms with Crippen molar-refractivity contribution >= 4 is 5.69 Å². The van der Waals surface area contributed by atoms with Gasteiger partial charge in [0.1, 0.15) is 0 Å². The number of hydrogen-bond acceptors (Lipinski definition) is 4. The number of rotatable bonds is 9. The van der Waals surface area contributed by atoms with E-state index in [1.807, 2.05) is 45.0 Å². The molecule has 19 heavy (non-hydrogen) atoms. The number of anilines is 1. The number of aliphatic hydroxyl groups excluding tert-OH is 1. The standard InChI is InChI=1S/C15H25NO3/c1-12(2)19-9-8-18-11-14(17)10-16-15-7-5-4-6-13(15)3/h4-7,12,14,16-17H,8-11H2,1-3H3. The van der Waals surface area contributed by atoms with Crippen LogP contribution in [0, 0.1) is 6.92 Å². The van der Waals surface area contributed by atoms with Crippen LogP contribution < -0.4 is 5.32 Å².